The summed E-state index contributed by atoms with van der Waals surface area (Å²) in [6.45, 7) is 4.04. The molecule has 2 aliphatic rings. The van der Waals surface area contributed by atoms with E-state index in [0.717, 1.165) is 25.3 Å². The molecule has 0 spiro atoms. The maximum atomic E-state index is 13.1. The number of hydrogen-bond acceptors (Lipinski definition) is 7. The predicted molar refractivity (Wildman–Crippen MR) is 112 cm³/mol. The highest BCUT2D eigenvalue weighted by Gasteiger charge is 2.28. The van der Waals surface area contributed by atoms with Crippen molar-refractivity contribution in [1.29, 1.82) is 0 Å². The van der Waals surface area contributed by atoms with Crippen LogP contribution in [0.5, 0.6) is 5.88 Å². The molecular formula is C21H22N4O3S. The predicted octanol–water partition coefficient (Wildman–Crippen LogP) is 2.82. The van der Waals surface area contributed by atoms with Crippen LogP contribution in [0.25, 0.3) is 10.1 Å². The smallest absolute Gasteiger partial charge is 0.259 e. The van der Waals surface area contributed by atoms with E-state index >= 15 is 0 Å². The SMILES string of the molecule is O=C(c1cccnc1OC1CCOC1)N1CCN(c2nsc3ccccc23)CC1. The fourth-order valence-corrected chi connectivity index (χ4v) is 4.60. The van der Waals surface area contributed by atoms with E-state index < -0.39 is 0 Å². The van der Waals surface area contributed by atoms with Gasteiger partial charge in [-0.25, -0.2) is 4.98 Å². The third kappa shape index (κ3) is 3.65. The molecule has 1 amide bonds. The Balaban J connectivity index is 1.28. The lowest BCUT2D eigenvalue weighted by molar-refractivity contribution is 0.0735. The second kappa shape index (κ2) is 7.96. The second-order valence-corrected chi connectivity index (χ2v) is 8.05. The number of amides is 1. The zero-order valence-corrected chi connectivity index (χ0v) is 16.8. The number of benzene rings is 1. The van der Waals surface area contributed by atoms with Gasteiger partial charge in [-0.3, -0.25) is 4.79 Å². The average molecular weight is 410 g/mol. The summed E-state index contributed by atoms with van der Waals surface area (Å²) in [5.41, 5.74) is 0.520. The lowest BCUT2D eigenvalue weighted by Crippen LogP contribution is -2.49. The zero-order valence-electron chi connectivity index (χ0n) is 16.0. The third-order valence-corrected chi connectivity index (χ3v) is 6.21. The van der Waals surface area contributed by atoms with Crippen LogP contribution in [-0.2, 0) is 4.74 Å². The molecule has 1 atom stereocenters. The normalized spacial score (nSPS) is 19.7. The van der Waals surface area contributed by atoms with E-state index in [0.29, 0.717) is 37.7 Å². The summed E-state index contributed by atoms with van der Waals surface area (Å²) in [4.78, 5) is 21.6. The van der Waals surface area contributed by atoms with E-state index in [2.05, 4.69) is 26.4 Å². The van der Waals surface area contributed by atoms with Crippen molar-refractivity contribution in [2.45, 2.75) is 12.5 Å². The topological polar surface area (TPSA) is 67.8 Å². The van der Waals surface area contributed by atoms with Crippen molar-refractivity contribution >= 4 is 33.3 Å². The molecule has 4 heterocycles. The summed E-state index contributed by atoms with van der Waals surface area (Å²) in [6.07, 6.45) is 2.45. The highest BCUT2D eigenvalue weighted by molar-refractivity contribution is 7.13. The molecule has 0 bridgehead atoms. The minimum Gasteiger partial charge on any atom is -0.471 e. The maximum Gasteiger partial charge on any atom is 0.259 e. The van der Waals surface area contributed by atoms with E-state index in [-0.39, 0.29) is 12.0 Å². The number of carbonyl (C=O) groups is 1. The summed E-state index contributed by atoms with van der Waals surface area (Å²) >= 11 is 1.52. The molecule has 2 aromatic heterocycles. The first kappa shape index (κ1) is 18.3. The minimum absolute atomic E-state index is 0.0326. The third-order valence-electron chi connectivity index (χ3n) is 5.39. The number of aromatic nitrogens is 2. The highest BCUT2D eigenvalue weighted by Crippen LogP contribution is 2.30. The van der Waals surface area contributed by atoms with Crippen LogP contribution in [0.1, 0.15) is 16.8 Å². The van der Waals surface area contributed by atoms with Gasteiger partial charge < -0.3 is 19.3 Å². The van der Waals surface area contributed by atoms with Gasteiger partial charge in [-0.2, -0.15) is 4.37 Å². The molecule has 29 heavy (non-hydrogen) atoms. The van der Waals surface area contributed by atoms with E-state index in [1.54, 1.807) is 18.3 Å². The number of piperazine rings is 1. The van der Waals surface area contributed by atoms with Gasteiger partial charge in [0.2, 0.25) is 5.88 Å². The van der Waals surface area contributed by atoms with E-state index in [1.165, 1.54) is 21.6 Å². The van der Waals surface area contributed by atoms with Crippen molar-refractivity contribution in [3.63, 3.8) is 0 Å². The molecule has 8 heteroatoms. The van der Waals surface area contributed by atoms with E-state index in [1.807, 2.05) is 17.0 Å². The standard InChI is InChI=1S/C21H22N4O3S/c26-21(17-5-3-8-22-20(17)28-15-7-13-27-14-15)25-11-9-24(10-12-25)19-16-4-1-2-6-18(16)29-23-19/h1-6,8,15H,7,9-14H2. The average Bonchev–Trinajstić information content (AvgIpc) is 3.44. The Labute approximate surface area is 173 Å². The number of hydrogen-bond donors (Lipinski definition) is 0. The molecule has 2 saturated heterocycles. The molecule has 0 N–H and O–H groups in total. The van der Waals surface area contributed by atoms with Crippen LogP contribution in [0.3, 0.4) is 0 Å². The van der Waals surface area contributed by atoms with Gasteiger partial charge in [0, 0.05) is 44.2 Å². The van der Waals surface area contributed by atoms with Crippen molar-refractivity contribution in [1.82, 2.24) is 14.3 Å². The molecule has 7 nitrogen and oxygen atoms in total. The van der Waals surface area contributed by atoms with Crippen LogP contribution < -0.4 is 9.64 Å². The van der Waals surface area contributed by atoms with Gasteiger partial charge >= 0.3 is 0 Å². The van der Waals surface area contributed by atoms with Crippen molar-refractivity contribution in [3.8, 4) is 5.88 Å². The quantitative estimate of drug-likeness (QED) is 0.659. The number of pyridine rings is 1. The Morgan fingerprint density at radius 1 is 1.14 bits per heavy atom. The molecule has 1 unspecified atom stereocenters. The molecular weight excluding hydrogens is 388 g/mol. The molecule has 1 aromatic carbocycles. The molecule has 0 radical (unpaired) electrons. The summed E-state index contributed by atoms with van der Waals surface area (Å²) in [7, 11) is 0. The Morgan fingerprint density at radius 2 is 2.00 bits per heavy atom. The largest absolute Gasteiger partial charge is 0.471 e. The first-order valence-electron chi connectivity index (χ1n) is 9.87. The molecule has 3 aromatic rings. The molecule has 0 aliphatic carbocycles. The second-order valence-electron chi connectivity index (χ2n) is 7.24. The number of carbonyl (C=O) groups excluding carboxylic acids is 1. The van der Waals surface area contributed by atoms with Gasteiger partial charge in [0.05, 0.1) is 17.9 Å². The Kier molecular flexibility index (Phi) is 5.03. The van der Waals surface area contributed by atoms with Crippen LogP contribution in [0.4, 0.5) is 5.82 Å². The van der Waals surface area contributed by atoms with E-state index in [9.17, 15) is 4.79 Å². The van der Waals surface area contributed by atoms with E-state index in [4.69, 9.17) is 9.47 Å². The van der Waals surface area contributed by atoms with Gasteiger partial charge in [0.25, 0.3) is 5.91 Å². The number of anilines is 1. The lowest BCUT2D eigenvalue weighted by Gasteiger charge is -2.35. The molecule has 2 aliphatic heterocycles. The minimum atomic E-state index is -0.0359. The first-order valence-corrected chi connectivity index (χ1v) is 10.6. The Bertz CT molecular complexity index is 1010. The monoisotopic (exact) mass is 410 g/mol. The molecule has 150 valence electrons. The maximum absolute atomic E-state index is 13.1. The number of ether oxygens (including phenoxy) is 2. The van der Waals surface area contributed by atoms with Crippen LogP contribution in [0.2, 0.25) is 0 Å². The summed E-state index contributed by atoms with van der Waals surface area (Å²) in [6, 6.07) is 11.8. The van der Waals surface area contributed by atoms with Crippen molar-refractivity contribution in [2.24, 2.45) is 0 Å². The number of fused-ring (bicyclic) bond motifs is 1. The van der Waals surface area contributed by atoms with Gasteiger partial charge in [-0.05, 0) is 35.8 Å². The fraction of sp³-hybridized carbons (Fsp3) is 0.381. The van der Waals surface area contributed by atoms with Gasteiger partial charge in [0.1, 0.15) is 17.5 Å². The van der Waals surface area contributed by atoms with Crippen LogP contribution >= 0.6 is 11.5 Å². The van der Waals surface area contributed by atoms with Crippen LogP contribution in [-0.4, -0.2) is 65.7 Å². The first-order chi connectivity index (χ1) is 14.3. The number of nitrogens with zero attached hydrogens (tertiary/aromatic N) is 4. The highest BCUT2D eigenvalue weighted by atomic mass is 32.1. The van der Waals surface area contributed by atoms with Gasteiger partial charge in [0.15, 0.2) is 0 Å². The lowest BCUT2D eigenvalue weighted by atomic mass is 10.2. The van der Waals surface area contributed by atoms with Crippen molar-refractivity contribution in [2.75, 3.05) is 44.3 Å². The zero-order chi connectivity index (χ0) is 19.6. The summed E-state index contributed by atoms with van der Waals surface area (Å²) < 4.78 is 17.1. The van der Waals surface area contributed by atoms with Crippen molar-refractivity contribution in [3.05, 3.63) is 48.2 Å². The van der Waals surface area contributed by atoms with Gasteiger partial charge in [-0.1, -0.05) is 12.1 Å². The Hall–Kier alpha value is -2.71. The van der Waals surface area contributed by atoms with Gasteiger partial charge in [-0.15, -0.1) is 0 Å². The van der Waals surface area contributed by atoms with Crippen molar-refractivity contribution < 1.29 is 14.3 Å². The fourth-order valence-electron chi connectivity index (χ4n) is 3.80. The van der Waals surface area contributed by atoms with Crippen LogP contribution in [0.15, 0.2) is 42.6 Å². The summed E-state index contributed by atoms with van der Waals surface area (Å²) in [5.74, 6) is 1.39. The van der Waals surface area contributed by atoms with Crippen LogP contribution in [0, 0.1) is 0 Å². The summed E-state index contributed by atoms with van der Waals surface area (Å²) in [5, 5.41) is 1.18. The number of rotatable bonds is 4. The molecule has 5 rings (SSSR count). The molecule has 0 saturated carbocycles. The molecule has 2 fully saturated rings. The Morgan fingerprint density at radius 3 is 2.83 bits per heavy atom.